The maximum Gasteiger partial charge on any atom is 0.523 e. The molecule has 330 valence electrons. The van der Waals surface area contributed by atoms with Gasteiger partial charge in [-0.1, -0.05) is 60.7 Å². The van der Waals surface area contributed by atoms with E-state index in [-0.39, 0.29) is 25.6 Å². The summed E-state index contributed by atoms with van der Waals surface area (Å²) in [6.07, 6.45) is -4.58. The van der Waals surface area contributed by atoms with Crippen LogP contribution in [0.25, 0.3) is 22.3 Å². The monoisotopic (exact) mass is 892 g/mol. The molecule has 10 rings (SSSR count). The summed E-state index contributed by atoms with van der Waals surface area (Å²) >= 11 is 0. The van der Waals surface area contributed by atoms with Gasteiger partial charge in [-0.25, -0.2) is 38.7 Å². The van der Waals surface area contributed by atoms with Gasteiger partial charge >= 0.3 is 15.6 Å². The summed E-state index contributed by atoms with van der Waals surface area (Å²) < 4.78 is 129. The first-order chi connectivity index (χ1) is 29.8. The van der Waals surface area contributed by atoms with Gasteiger partial charge in [-0.3, -0.25) is 4.18 Å². The third kappa shape index (κ3) is 9.01. The van der Waals surface area contributed by atoms with Gasteiger partial charge in [-0.2, -0.15) is 21.6 Å². The van der Waals surface area contributed by atoms with Crippen molar-refractivity contribution in [2.45, 2.75) is 67.0 Å². The number of nitrogens with one attached hydrogen (secondary N) is 1. The lowest BCUT2D eigenvalue weighted by atomic mass is 9.98. The number of imidazole rings is 2. The van der Waals surface area contributed by atoms with Gasteiger partial charge in [-0.15, -0.1) is 0 Å². The van der Waals surface area contributed by atoms with E-state index < -0.39 is 83.7 Å². The Morgan fingerprint density at radius 1 is 0.710 bits per heavy atom. The van der Waals surface area contributed by atoms with E-state index in [0.717, 1.165) is 5.56 Å². The molecule has 19 nitrogen and oxygen atoms in total. The van der Waals surface area contributed by atoms with E-state index in [1.165, 1.54) is 25.3 Å². The van der Waals surface area contributed by atoms with E-state index in [9.17, 15) is 26.0 Å². The van der Waals surface area contributed by atoms with Crippen molar-refractivity contribution in [3.8, 4) is 0 Å². The Bertz CT molecular complexity index is 2550. The van der Waals surface area contributed by atoms with Crippen molar-refractivity contribution in [1.82, 2.24) is 39.5 Å². The van der Waals surface area contributed by atoms with Crippen LogP contribution in [0.2, 0.25) is 0 Å². The quantitative estimate of drug-likeness (QED) is 0.126. The van der Waals surface area contributed by atoms with E-state index in [1.807, 2.05) is 30.3 Å². The number of aromatic amines is 1. The Hall–Kier alpha value is -5.54. The van der Waals surface area contributed by atoms with Crippen LogP contribution >= 0.6 is 0 Å². The Balaban J connectivity index is 0.000000140. The van der Waals surface area contributed by atoms with Crippen molar-refractivity contribution in [2.24, 2.45) is 0 Å². The summed E-state index contributed by atoms with van der Waals surface area (Å²) in [6.45, 7) is -0.276. The number of anilines is 2. The molecule has 4 fully saturated rings. The molecule has 0 saturated carbocycles. The topological polar surface area (TPSA) is 249 Å². The summed E-state index contributed by atoms with van der Waals surface area (Å²) in [4.78, 5) is 26.7. The SMILES string of the molecule is Nc1ncnc2c1ncn2[C@@H]1CO[C@@H]2COC(c3ccccc3)O[C@H]2[C@H]1F.Nc1ncnc2nc[nH]c12.O=S(=O)(O[C@H]1CO[C@@H]2COC(c3ccccc3)O[C@H]2[C@H]1F)C(F)(F)F. The van der Waals surface area contributed by atoms with Crippen LogP contribution < -0.4 is 11.5 Å². The number of aromatic nitrogens is 8. The first-order valence-corrected chi connectivity index (χ1v) is 20.2. The van der Waals surface area contributed by atoms with Crippen molar-refractivity contribution >= 4 is 44.1 Å². The van der Waals surface area contributed by atoms with E-state index >= 15 is 4.39 Å². The summed E-state index contributed by atoms with van der Waals surface area (Å²) in [5.74, 6) is 0.692. The number of H-pyrrole nitrogens is 1. The standard InChI is InChI=1S/C18H18FN5O3.C14H14F4O6S.C5H5N5/c19-13-11(24-9-23-14-16(20)21-8-22-17(14)24)6-25-12-7-26-18(27-15(12)13)10-4-2-1-3-5-10;15-11-9(24-25(19,20)14(16,17)18)6-21-10-7-22-13(23-12(10)11)8-4-2-1-3-5-8;6-4-3-5(9-1-7-3)10-2-8-4/h1-5,8-9,11-13,15,18H,6-7H2,(H2,20,21,22);1-5,9-13H,6-7H2;1-2H,(H3,6,7,8,9,10)/t11-,12-,13+,15-,18?;9-,10+,11-,12+,13?;/m10./s1. The maximum atomic E-state index is 15.5. The number of ether oxygens (including phenoxy) is 6. The summed E-state index contributed by atoms with van der Waals surface area (Å²) in [7, 11) is -5.94. The molecule has 6 aromatic rings. The number of fused-ring (bicyclic) bond motifs is 4. The summed E-state index contributed by atoms with van der Waals surface area (Å²) in [5, 5.41) is 0. The van der Waals surface area contributed by atoms with Crippen molar-refractivity contribution in [3.63, 3.8) is 0 Å². The highest BCUT2D eigenvalue weighted by Gasteiger charge is 2.54. The number of benzene rings is 2. The van der Waals surface area contributed by atoms with Crippen LogP contribution in [0.15, 0.2) is 86.0 Å². The second kappa shape index (κ2) is 18.1. The molecule has 0 amide bonds. The molecule has 4 saturated heterocycles. The molecular weight excluding hydrogens is 856 g/mol. The van der Waals surface area contributed by atoms with Gasteiger partial charge in [0.25, 0.3) is 0 Å². The smallest absolute Gasteiger partial charge is 0.382 e. The Morgan fingerprint density at radius 2 is 1.29 bits per heavy atom. The summed E-state index contributed by atoms with van der Waals surface area (Å²) in [6, 6.07) is 17.4. The number of alkyl halides is 5. The number of nitrogen functional groups attached to an aromatic ring is 2. The fourth-order valence-electron chi connectivity index (χ4n) is 6.99. The van der Waals surface area contributed by atoms with Crippen LogP contribution in [0.1, 0.15) is 29.7 Å². The van der Waals surface area contributed by atoms with Crippen LogP contribution in [0.3, 0.4) is 0 Å². The Kier molecular flexibility index (Phi) is 12.6. The lowest BCUT2D eigenvalue weighted by Crippen LogP contribution is -2.57. The van der Waals surface area contributed by atoms with Gasteiger partial charge in [0.1, 0.15) is 54.2 Å². The number of rotatable bonds is 5. The molecule has 2 unspecified atom stereocenters. The maximum absolute atomic E-state index is 15.5. The first-order valence-electron chi connectivity index (χ1n) is 18.8. The van der Waals surface area contributed by atoms with Crippen LogP contribution in [0.4, 0.5) is 33.6 Å². The molecule has 8 heterocycles. The number of hydrogen-bond donors (Lipinski definition) is 3. The molecule has 0 radical (unpaired) electrons. The van der Waals surface area contributed by atoms with Crippen LogP contribution in [0.5, 0.6) is 0 Å². The molecule has 0 bridgehead atoms. The number of halogens is 5. The van der Waals surface area contributed by atoms with E-state index in [2.05, 4.69) is 39.1 Å². The predicted molar refractivity (Wildman–Crippen MR) is 204 cm³/mol. The minimum absolute atomic E-state index is 0.0522. The molecule has 2 aromatic carbocycles. The van der Waals surface area contributed by atoms with E-state index in [1.54, 1.807) is 34.9 Å². The molecule has 4 aliphatic rings. The number of nitrogens with zero attached hydrogens (tertiary/aromatic N) is 7. The second-order valence-electron chi connectivity index (χ2n) is 14.0. The van der Waals surface area contributed by atoms with Gasteiger partial charge in [0.2, 0.25) is 0 Å². The zero-order chi connectivity index (χ0) is 43.6. The van der Waals surface area contributed by atoms with Gasteiger partial charge in [0.05, 0.1) is 45.1 Å². The van der Waals surface area contributed by atoms with Crippen LogP contribution in [0, 0.1) is 0 Å². The molecule has 0 aliphatic carbocycles. The van der Waals surface area contributed by atoms with Crippen molar-refractivity contribution in [1.29, 1.82) is 0 Å². The highest BCUT2D eigenvalue weighted by Crippen LogP contribution is 2.39. The molecule has 62 heavy (non-hydrogen) atoms. The third-order valence-corrected chi connectivity index (χ3v) is 11.2. The lowest BCUT2D eigenvalue weighted by molar-refractivity contribution is -0.303. The Morgan fingerprint density at radius 3 is 1.90 bits per heavy atom. The number of hydrogen-bond acceptors (Lipinski definition) is 17. The molecule has 0 spiro atoms. The van der Waals surface area contributed by atoms with Gasteiger partial charge in [0, 0.05) is 11.1 Å². The summed E-state index contributed by atoms with van der Waals surface area (Å²) in [5.41, 5.74) is 9.31. The van der Waals surface area contributed by atoms with Crippen molar-refractivity contribution in [2.75, 3.05) is 37.9 Å². The fourth-order valence-corrected chi connectivity index (χ4v) is 7.59. The third-order valence-electron chi connectivity index (χ3n) is 10.1. The van der Waals surface area contributed by atoms with Crippen LogP contribution in [-0.2, 0) is 42.7 Å². The highest BCUT2D eigenvalue weighted by molar-refractivity contribution is 7.87. The van der Waals surface area contributed by atoms with Gasteiger partial charge < -0.3 is 49.4 Å². The highest BCUT2D eigenvalue weighted by atomic mass is 32.2. The van der Waals surface area contributed by atoms with E-state index in [4.69, 9.17) is 39.9 Å². The lowest BCUT2D eigenvalue weighted by Gasteiger charge is -2.44. The molecular formula is C37H37F5N10O9S. The molecule has 25 heteroatoms. The number of nitrogens with two attached hydrogens (primary N) is 2. The van der Waals surface area contributed by atoms with Crippen molar-refractivity contribution < 1.29 is 63.0 Å². The first kappa shape index (κ1) is 43.1. The molecule has 4 aliphatic heterocycles. The zero-order valence-corrected chi connectivity index (χ0v) is 32.8. The average molecular weight is 893 g/mol. The minimum Gasteiger partial charge on any atom is -0.382 e. The largest absolute Gasteiger partial charge is 0.523 e. The van der Waals surface area contributed by atoms with Gasteiger partial charge in [-0.05, 0) is 0 Å². The predicted octanol–water partition coefficient (Wildman–Crippen LogP) is 3.81. The van der Waals surface area contributed by atoms with Gasteiger partial charge in [0.15, 0.2) is 47.9 Å². The zero-order valence-electron chi connectivity index (χ0n) is 31.9. The normalized spacial score (nSPS) is 28.7. The van der Waals surface area contributed by atoms with Crippen molar-refractivity contribution in [3.05, 3.63) is 97.1 Å². The molecule has 4 aromatic heterocycles. The minimum atomic E-state index is -5.94. The molecule has 5 N–H and O–H groups in total. The average Bonchev–Trinajstić information content (AvgIpc) is 3.95. The molecule has 10 atom stereocenters. The van der Waals surface area contributed by atoms with E-state index in [0.29, 0.717) is 33.7 Å². The van der Waals surface area contributed by atoms with Crippen LogP contribution in [-0.4, -0.2) is 123 Å². The Labute approximate surface area is 348 Å². The fraction of sp³-hybridized carbons (Fsp3) is 0.405. The second-order valence-corrected chi connectivity index (χ2v) is 15.6.